The minimum Gasteiger partial charge on any atom is -0.254 e. The van der Waals surface area contributed by atoms with Gasteiger partial charge in [-0.15, -0.1) is 0 Å². The van der Waals surface area contributed by atoms with Crippen molar-refractivity contribution in [1.29, 1.82) is 0 Å². The molecule has 1 atom stereocenters. The molecule has 3 heteroatoms. The molecule has 0 saturated heterocycles. The van der Waals surface area contributed by atoms with Crippen LogP contribution in [0.5, 0.6) is 0 Å². The molecule has 45 heavy (non-hydrogen) atoms. The minimum absolute atomic E-state index is 0.197. The molecular formula is C42H29N3. The summed E-state index contributed by atoms with van der Waals surface area (Å²) in [5.41, 5.74) is 11.6. The maximum Gasteiger partial charge on any atom is 0.0893 e. The van der Waals surface area contributed by atoms with E-state index in [0.29, 0.717) is 0 Å². The van der Waals surface area contributed by atoms with Gasteiger partial charge in [0.15, 0.2) is 0 Å². The van der Waals surface area contributed by atoms with Crippen molar-refractivity contribution in [3.8, 4) is 33.8 Å². The van der Waals surface area contributed by atoms with E-state index in [1.165, 1.54) is 49.0 Å². The summed E-state index contributed by atoms with van der Waals surface area (Å²) in [7, 11) is 0. The summed E-state index contributed by atoms with van der Waals surface area (Å²) in [5, 5.41) is 7.61. The molecule has 3 heterocycles. The second-order valence-electron chi connectivity index (χ2n) is 12.1. The van der Waals surface area contributed by atoms with Gasteiger partial charge in [-0.3, -0.25) is 9.98 Å². The van der Waals surface area contributed by atoms with Gasteiger partial charge >= 0.3 is 0 Å². The molecule has 212 valence electrons. The fourth-order valence-electron chi connectivity index (χ4n) is 7.28. The summed E-state index contributed by atoms with van der Waals surface area (Å²) in [6, 6.07) is 45.5. The van der Waals surface area contributed by atoms with Crippen molar-refractivity contribution in [1.82, 2.24) is 9.97 Å². The first kappa shape index (κ1) is 25.8. The van der Waals surface area contributed by atoms with Crippen LogP contribution in [0, 0.1) is 0 Å². The first-order valence-corrected chi connectivity index (χ1v) is 15.5. The number of rotatable bonds is 2. The van der Waals surface area contributed by atoms with Gasteiger partial charge in [-0.05, 0) is 80.2 Å². The average molecular weight is 576 g/mol. The topological polar surface area (TPSA) is 38.1 Å². The van der Waals surface area contributed by atoms with Gasteiger partial charge in [-0.25, -0.2) is 4.98 Å². The Morgan fingerprint density at radius 2 is 1.20 bits per heavy atom. The van der Waals surface area contributed by atoms with Crippen LogP contribution in [0.15, 0.2) is 139 Å². The predicted octanol–water partition coefficient (Wildman–Crippen LogP) is 11.0. The van der Waals surface area contributed by atoms with E-state index in [0.717, 1.165) is 45.2 Å². The highest BCUT2D eigenvalue weighted by atomic mass is 14.8. The molecule has 0 radical (unpaired) electrons. The fourth-order valence-corrected chi connectivity index (χ4v) is 7.28. The number of aromatic nitrogens is 2. The maximum absolute atomic E-state index is 5.22. The lowest BCUT2D eigenvalue weighted by molar-refractivity contribution is 0.925. The molecule has 1 unspecified atom stereocenters. The first-order valence-electron chi connectivity index (χ1n) is 15.5. The molecule has 3 nitrogen and oxygen atoms in total. The van der Waals surface area contributed by atoms with Crippen LogP contribution in [0.1, 0.15) is 36.5 Å². The van der Waals surface area contributed by atoms with E-state index in [1.54, 1.807) is 0 Å². The van der Waals surface area contributed by atoms with E-state index in [9.17, 15) is 0 Å². The van der Waals surface area contributed by atoms with Crippen LogP contribution < -0.4 is 0 Å². The molecule has 0 bridgehead atoms. The van der Waals surface area contributed by atoms with Gasteiger partial charge in [0.2, 0.25) is 0 Å². The van der Waals surface area contributed by atoms with Crippen molar-refractivity contribution in [2.75, 3.05) is 0 Å². The maximum atomic E-state index is 5.22. The van der Waals surface area contributed by atoms with Crippen molar-refractivity contribution < 1.29 is 0 Å². The molecule has 0 spiro atoms. The highest BCUT2D eigenvalue weighted by Gasteiger charge is 2.22. The summed E-state index contributed by atoms with van der Waals surface area (Å²) < 4.78 is 0. The average Bonchev–Trinajstić information content (AvgIpc) is 3.13. The van der Waals surface area contributed by atoms with Crippen LogP contribution in [-0.2, 0) is 0 Å². The van der Waals surface area contributed by atoms with Crippen LogP contribution in [0.4, 0.5) is 5.69 Å². The Balaban J connectivity index is 1.22. The number of hydrogen-bond acceptors (Lipinski definition) is 3. The smallest absolute Gasteiger partial charge is 0.0893 e. The Kier molecular flexibility index (Phi) is 5.69. The molecule has 0 fully saturated rings. The molecule has 9 rings (SSSR count). The van der Waals surface area contributed by atoms with Gasteiger partial charge in [0, 0.05) is 34.5 Å². The van der Waals surface area contributed by atoms with Crippen LogP contribution in [0.25, 0.3) is 66.1 Å². The number of nitrogens with zero attached hydrogens (tertiary/aromatic N) is 3. The largest absolute Gasteiger partial charge is 0.254 e. The van der Waals surface area contributed by atoms with Crippen LogP contribution in [0.2, 0.25) is 0 Å². The highest BCUT2D eigenvalue weighted by molar-refractivity contribution is 6.25. The second-order valence-corrected chi connectivity index (χ2v) is 12.1. The Morgan fingerprint density at radius 1 is 0.511 bits per heavy atom. The van der Waals surface area contributed by atoms with Crippen LogP contribution in [0.3, 0.4) is 0 Å². The van der Waals surface area contributed by atoms with Gasteiger partial charge in [0.25, 0.3) is 0 Å². The molecule has 8 aromatic rings. The lowest BCUT2D eigenvalue weighted by atomic mass is 9.86. The predicted molar refractivity (Wildman–Crippen MR) is 188 cm³/mol. The number of aliphatic imine (C=N–C) groups is 1. The molecule has 0 saturated carbocycles. The lowest BCUT2D eigenvalue weighted by Crippen LogP contribution is -2.02. The Hall–Kier alpha value is -5.67. The van der Waals surface area contributed by atoms with Crippen molar-refractivity contribution in [2.45, 2.75) is 19.8 Å². The van der Waals surface area contributed by atoms with Gasteiger partial charge in [-0.2, -0.15) is 0 Å². The third-order valence-electron chi connectivity index (χ3n) is 9.52. The normalized spacial score (nSPS) is 15.5. The minimum atomic E-state index is 0.197. The standard InChI is InChI=1S/C42H29N3/c1-25-30-11-3-4-13-32(30)36-24-43-40(23-35(36)26(2)44-37-14-6-5-12-31(25)37)39-16-8-15-38(45-39)33-21-19-29-18-17-27-9-7-10-28-20-22-34(33)42(29)41(27)28/h3-25H,1-2H3/b44-26+. The monoisotopic (exact) mass is 575 g/mol. The molecule has 6 aromatic carbocycles. The third-order valence-corrected chi connectivity index (χ3v) is 9.52. The fraction of sp³-hybridized carbons (Fsp3) is 0.0714. The molecule has 0 amide bonds. The van der Waals surface area contributed by atoms with Crippen molar-refractivity contribution in [3.05, 3.63) is 150 Å². The lowest BCUT2D eigenvalue weighted by Gasteiger charge is -2.18. The molecular weight excluding hydrogens is 546 g/mol. The van der Waals surface area contributed by atoms with Crippen molar-refractivity contribution >= 4 is 43.7 Å². The van der Waals surface area contributed by atoms with E-state index >= 15 is 0 Å². The summed E-state index contributed by atoms with van der Waals surface area (Å²) >= 11 is 0. The number of para-hydroxylation sites is 1. The Labute approximate surface area is 261 Å². The summed E-state index contributed by atoms with van der Waals surface area (Å²) in [5.74, 6) is 0.197. The SMILES string of the molecule is C/C1=N\c2ccccc2C(C)c2ccccc2-c2cnc(-c3cccc(-c4ccc5ccc6cccc7ccc4c5c67)n3)cc21. The van der Waals surface area contributed by atoms with Gasteiger partial charge in [0.05, 0.1) is 22.8 Å². The van der Waals surface area contributed by atoms with Gasteiger partial charge in [-0.1, -0.05) is 110 Å². The van der Waals surface area contributed by atoms with Crippen molar-refractivity contribution in [2.24, 2.45) is 4.99 Å². The third kappa shape index (κ3) is 4.01. The first-order chi connectivity index (χ1) is 22.1. The van der Waals surface area contributed by atoms with E-state index < -0.39 is 0 Å². The van der Waals surface area contributed by atoms with Gasteiger partial charge in [0.1, 0.15) is 0 Å². The zero-order valence-corrected chi connectivity index (χ0v) is 25.1. The number of benzene rings is 6. The molecule has 0 aliphatic carbocycles. The highest BCUT2D eigenvalue weighted by Crippen LogP contribution is 2.42. The van der Waals surface area contributed by atoms with E-state index in [1.807, 2.05) is 6.20 Å². The van der Waals surface area contributed by atoms with E-state index in [4.69, 9.17) is 15.0 Å². The quantitative estimate of drug-likeness (QED) is 0.192. The van der Waals surface area contributed by atoms with Gasteiger partial charge < -0.3 is 0 Å². The molecule has 0 N–H and O–H groups in total. The Morgan fingerprint density at radius 3 is 2.07 bits per heavy atom. The number of hydrogen-bond donors (Lipinski definition) is 0. The second kappa shape index (κ2) is 9.93. The van der Waals surface area contributed by atoms with Crippen LogP contribution in [-0.4, -0.2) is 15.7 Å². The Bertz CT molecular complexity index is 2450. The number of pyridine rings is 2. The summed E-state index contributed by atoms with van der Waals surface area (Å²) in [6.07, 6.45) is 2.01. The summed E-state index contributed by atoms with van der Waals surface area (Å²) in [4.78, 5) is 15.4. The van der Waals surface area contributed by atoms with E-state index in [-0.39, 0.29) is 5.92 Å². The molecule has 2 aromatic heterocycles. The zero-order chi connectivity index (χ0) is 30.1. The molecule has 1 aliphatic heterocycles. The van der Waals surface area contributed by atoms with Crippen molar-refractivity contribution in [3.63, 3.8) is 0 Å². The summed E-state index contributed by atoms with van der Waals surface area (Å²) in [6.45, 7) is 4.37. The number of fused-ring (bicyclic) bond motifs is 4. The van der Waals surface area contributed by atoms with Crippen LogP contribution >= 0.6 is 0 Å². The van der Waals surface area contributed by atoms with E-state index in [2.05, 4.69) is 141 Å². The molecule has 1 aliphatic rings. The zero-order valence-electron chi connectivity index (χ0n) is 25.1.